The molecule has 122 valence electrons. The van der Waals surface area contributed by atoms with Gasteiger partial charge in [-0.1, -0.05) is 0 Å². The average Bonchev–Trinajstić information content (AvgIpc) is 2.38. The van der Waals surface area contributed by atoms with Crippen molar-refractivity contribution in [3.05, 3.63) is 0 Å². The number of rotatable bonds is 6. The van der Waals surface area contributed by atoms with E-state index in [1.165, 1.54) is 0 Å². The van der Waals surface area contributed by atoms with Gasteiger partial charge in [0.25, 0.3) is 0 Å². The maximum Gasteiger partial charge on any atom is 0.310 e. The van der Waals surface area contributed by atoms with Crippen LogP contribution in [0.5, 0.6) is 0 Å². The van der Waals surface area contributed by atoms with Gasteiger partial charge in [-0.15, -0.1) is 0 Å². The molecule has 0 aromatic heterocycles. The topological polar surface area (TPSA) is 49.9 Å². The first-order valence-electron chi connectivity index (χ1n) is 8.06. The Morgan fingerprint density at radius 2 is 1.86 bits per heavy atom. The van der Waals surface area contributed by atoms with Crippen molar-refractivity contribution in [2.24, 2.45) is 5.92 Å². The molecule has 21 heavy (non-hydrogen) atoms. The molecule has 0 spiro atoms. The standard InChI is InChI=1S/C16H30N2O3/c1-6-21-16(20)14-8-7-9-17(10-14)11-15(19)18(12(2)3)13(4)5/h12-14H,6-11H2,1-5H3/t14-/m1/s1. The molecule has 1 amide bonds. The lowest BCUT2D eigenvalue weighted by Crippen LogP contribution is -2.49. The zero-order valence-electron chi connectivity index (χ0n) is 14.1. The Bertz CT molecular complexity index is 347. The van der Waals surface area contributed by atoms with Gasteiger partial charge in [0.2, 0.25) is 5.91 Å². The monoisotopic (exact) mass is 298 g/mol. The summed E-state index contributed by atoms with van der Waals surface area (Å²) in [6, 6.07) is 0.395. The Balaban J connectivity index is 2.57. The second-order valence-corrected chi connectivity index (χ2v) is 6.31. The SMILES string of the molecule is CCOC(=O)[C@@H]1CCCN(CC(=O)N(C(C)C)C(C)C)C1. The number of nitrogens with zero attached hydrogens (tertiary/aromatic N) is 2. The van der Waals surface area contributed by atoms with Gasteiger partial charge in [0.1, 0.15) is 0 Å². The van der Waals surface area contributed by atoms with Crippen LogP contribution in [0.4, 0.5) is 0 Å². The number of amides is 1. The van der Waals surface area contributed by atoms with Crippen LogP contribution in [-0.4, -0.2) is 60.0 Å². The van der Waals surface area contributed by atoms with Crippen LogP contribution < -0.4 is 0 Å². The van der Waals surface area contributed by atoms with Crippen molar-refractivity contribution >= 4 is 11.9 Å². The molecular weight excluding hydrogens is 268 g/mol. The summed E-state index contributed by atoms with van der Waals surface area (Å²) in [6.07, 6.45) is 1.81. The zero-order valence-corrected chi connectivity index (χ0v) is 14.1. The van der Waals surface area contributed by atoms with Crippen molar-refractivity contribution in [2.75, 3.05) is 26.2 Å². The molecule has 0 saturated carbocycles. The van der Waals surface area contributed by atoms with Crippen molar-refractivity contribution < 1.29 is 14.3 Å². The molecule has 1 aliphatic heterocycles. The van der Waals surface area contributed by atoms with E-state index >= 15 is 0 Å². The highest BCUT2D eigenvalue weighted by molar-refractivity contribution is 5.79. The second kappa shape index (κ2) is 8.37. The van der Waals surface area contributed by atoms with Crippen LogP contribution in [0.15, 0.2) is 0 Å². The maximum atomic E-state index is 12.5. The molecule has 0 unspecified atom stereocenters. The van der Waals surface area contributed by atoms with E-state index in [0.717, 1.165) is 19.4 Å². The van der Waals surface area contributed by atoms with Gasteiger partial charge in [0, 0.05) is 18.6 Å². The summed E-state index contributed by atoms with van der Waals surface area (Å²) in [5.41, 5.74) is 0. The fourth-order valence-electron chi connectivity index (χ4n) is 3.10. The highest BCUT2D eigenvalue weighted by atomic mass is 16.5. The quantitative estimate of drug-likeness (QED) is 0.703. The molecule has 0 aromatic carbocycles. The lowest BCUT2D eigenvalue weighted by molar-refractivity contribution is -0.151. The van der Waals surface area contributed by atoms with E-state index in [4.69, 9.17) is 4.74 Å². The van der Waals surface area contributed by atoms with E-state index in [-0.39, 0.29) is 29.9 Å². The van der Waals surface area contributed by atoms with Crippen LogP contribution in [0, 0.1) is 5.92 Å². The van der Waals surface area contributed by atoms with Crippen LogP contribution in [-0.2, 0) is 14.3 Å². The predicted octanol–water partition coefficient (Wildman–Crippen LogP) is 1.91. The van der Waals surface area contributed by atoms with Crippen molar-refractivity contribution in [3.8, 4) is 0 Å². The number of ether oxygens (including phenoxy) is 1. The van der Waals surface area contributed by atoms with Gasteiger partial charge < -0.3 is 9.64 Å². The molecule has 5 heteroatoms. The molecule has 0 N–H and O–H groups in total. The number of carbonyl (C=O) groups is 2. The summed E-state index contributed by atoms with van der Waals surface area (Å²) in [6.45, 7) is 12.3. The second-order valence-electron chi connectivity index (χ2n) is 6.31. The minimum atomic E-state index is -0.126. The molecule has 5 nitrogen and oxygen atoms in total. The van der Waals surface area contributed by atoms with E-state index in [1.54, 1.807) is 0 Å². The molecule has 1 fully saturated rings. The van der Waals surface area contributed by atoms with Gasteiger partial charge in [-0.3, -0.25) is 14.5 Å². The fourth-order valence-corrected chi connectivity index (χ4v) is 3.10. The Hall–Kier alpha value is -1.10. The van der Waals surface area contributed by atoms with Crippen LogP contribution in [0.25, 0.3) is 0 Å². The number of likely N-dealkylation sites (tertiary alicyclic amines) is 1. The third-order valence-corrected chi connectivity index (χ3v) is 3.88. The molecule has 0 bridgehead atoms. The summed E-state index contributed by atoms with van der Waals surface area (Å²) in [7, 11) is 0. The molecule has 0 radical (unpaired) electrons. The van der Waals surface area contributed by atoms with E-state index in [9.17, 15) is 9.59 Å². The first-order valence-corrected chi connectivity index (χ1v) is 8.06. The van der Waals surface area contributed by atoms with Gasteiger partial charge in [-0.25, -0.2) is 0 Å². The molecule has 1 rings (SSSR count). The molecule has 1 atom stereocenters. The molecular formula is C16H30N2O3. The summed E-state index contributed by atoms with van der Waals surface area (Å²) < 4.78 is 5.10. The van der Waals surface area contributed by atoms with E-state index in [2.05, 4.69) is 4.90 Å². The molecule has 1 saturated heterocycles. The highest BCUT2D eigenvalue weighted by Crippen LogP contribution is 2.18. The number of esters is 1. The minimum Gasteiger partial charge on any atom is -0.466 e. The summed E-state index contributed by atoms with van der Waals surface area (Å²) in [4.78, 5) is 28.3. The minimum absolute atomic E-state index is 0.0851. The Labute approximate surface area is 128 Å². The van der Waals surface area contributed by atoms with Gasteiger partial charge >= 0.3 is 5.97 Å². The van der Waals surface area contributed by atoms with Gasteiger partial charge in [0.05, 0.1) is 19.1 Å². The number of hydrogen-bond donors (Lipinski definition) is 0. The summed E-state index contributed by atoms with van der Waals surface area (Å²) in [5, 5.41) is 0. The summed E-state index contributed by atoms with van der Waals surface area (Å²) >= 11 is 0. The largest absolute Gasteiger partial charge is 0.466 e. The molecule has 0 aromatic rings. The van der Waals surface area contributed by atoms with Gasteiger partial charge in [-0.2, -0.15) is 0 Å². The normalized spacial score (nSPS) is 19.9. The smallest absolute Gasteiger partial charge is 0.310 e. The zero-order chi connectivity index (χ0) is 16.0. The van der Waals surface area contributed by atoms with Crippen LogP contribution in [0.1, 0.15) is 47.5 Å². The maximum absolute atomic E-state index is 12.5. The average molecular weight is 298 g/mol. The predicted molar refractivity (Wildman–Crippen MR) is 82.9 cm³/mol. The van der Waals surface area contributed by atoms with Crippen molar-refractivity contribution in [3.63, 3.8) is 0 Å². The fraction of sp³-hybridized carbons (Fsp3) is 0.875. The first kappa shape index (κ1) is 18.0. The van der Waals surface area contributed by atoms with Crippen LogP contribution >= 0.6 is 0 Å². The third-order valence-electron chi connectivity index (χ3n) is 3.88. The lowest BCUT2D eigenvalue weighted by atomic mass is 9.98. The summed E-state index contributed by atoms with van der Waals surface area (Å²) in [5.74, 6) is -0.0678. The lowest BCUT2D eigenvalue weighted by Gasteiger charge is -2.35. The van der Waals surface area contributed by atoms with Crippen LogP contribution in [0.2, 0.25) is 0 Å². The van der Waals surface area contributed by atoms with Crippen molar-refractivity contribution in [1.82, 2.24) is 9.80 Å². The van der Waals surface area contributed by atoms with Crippen LogP contribution in [0.3, 0.4) is 0 Å². The molecule has 1 heterocycles. The number of carbonyl (C=O) groups excluding carboxylic acids is 2. The van der Waals surface area contributed by atoms with E-state index in [0.29, 0.717) is 19.7 Å². The van der Waals surface area contributed by atoms with Gasteiger partial charge in [-0.05, 0) is 54.0 Å². The van der Waals surface area contributed by atoms with E-state index < -0.39 is 0 Å². The number of piperidine rings is 1. The number of hydrogen-bond acceptors (Lipinski definition) is 4. The molecule has 1 aliphatic rings. The Morgan fingerprint density at radius 1 is 1.24 bits per heavy atom. The Kier molecular flexibility index (Phi) is 7.15. The highest BCUT2D eigenvalue weighted by Gasteiger charge is 2.29. The van der Waals surface area contributed by atoms with Gasteiger partial charge in [0.15, 0.2) is 0 Å². The third kappa shape index (κ3) is 5.30. The first-order chi connectivity index (χ1) is 9.86. The van der Waals surface area contributed by atoms with E-state index in [1.807, 2.05) is 39.5 Å². The van der Waals surface area contributed by atoms with Crippen molar-refractivity contribution in [1.29, 1.82) is 0 Å². The Morgan fingerprint density at radius 3 is 2.38 bits per heavy atom. The molecule has 0 aliphatic carbocycles. The van der Waals surface area contributed by atoms with Crippen molar-refractivity contribution in [2.45, 2.75) is 59.5 Å².